The molecule has 1 aromatic heterocycles. The number of fused-ring (bicyclic) bond motifs is 1. The predicted molar refractivity (Wildman–Crippen MR) is 196 cm³/mol. The third-order valence-electron chi connectivity index (χ3n) is 11.6. The van der Waals surface area contributed by atoms with Crippen LogP contribution in [0.25, 0.3) is 11.1 Å². The summed E-state index contributed by atoms with van der Waals surface area (Å²) in [6, 6.07) is 11.1. The monoisotopic (exact) mass is 682 g/mol. The van der Waals surface area contributed by atoms with E-state index in [2.05, 4.69) is 40.1 Å². The number of hydrogen-bond acceptors (Lipinski definition) is 7. The molecule has 2 aliphatic heterocycles. The lowest BCUT2D eigenvalue weighted by molar-refractivity contribution is 0.0115. The fourth-order valence-electron chi connectivity index (χ4n) is 8.46. The van der Waals surface area contributed by atoms with E-state index in [9.17, 15) is 9.59 Å². The molecule has 7 rings (SSSR count). The number of aryl methyl sites for hydroxylation is 1. The van der Waals surface area contributed by atoms with Gasteiger partial charge < -0.3 is 23.7 Å². The minimum Gasteiger partial charge on any atom is -0.496 e. The lowest BCUT2D eigenvalue weighted by Crippen LogP contribution is -2.54. The zero-order valence-corrected chi connectivity index (χ0v) is 31.2. The summed E-state index contributed by atoms with van der Waals surface area (Å²) in [5, 5.41) is 0. The second kappa shape index (κ2) is 13.1. The number of hydrogen-bond donors (Lipinski definition) is 0. The molecule has 2 aromatic carbocycles. The van der Waals surface area contributed by atoms with Gasteiger partial charge in [-0.3, -0.25) is 14.6 Å². The van der Waals surface area contributed by atoms with Gasteiger partial charge in [-0.25, -0.2) is 4.79 Å². The summed E-state index contributed by atoms with van der Waals surface area (Å²) in [6.07, 6.45) is 7.34. The Morgan fingerprint density at radius 2 is 1.66 bits per heavy atom. The van der Waals surface area contributed by atoms with Crippen molar-refractivity contribution in [2.24, 2.45) is 13.0 Å². The second-order valence-electron chi connectivity index (χ2n) is 16.1. The molecule has 2 aliphatic carbocycles. The molecule has 9 nitrogen and oxygen atoms in total. The fraction of sp³-hybridized carbons (Fsp3) is 0.561. The standard InChI is InChI=1S/C41H54N4O5/c1-26-27(2)38(46)42(6)23-33(26)30-20-35(48-7)34(36(21-30)49-8)24-43-18-19-44(41(25-43)15-16-41)22-29-10-9-11-32-31(29)14-17-45(37(32)28-12-13-28)39(47)50-40(3,4)5/h9-11,20-21,23,28,37H,12-19,22,24-25H2,1-8H3/t37-/m1/s1. The summed E-state index contributed by atoms with van der Waals surface area (Å²) in [4.78, 5) is 33.1. The van der Waals surface area contributed by atoms with Crippen LogP contribution in [0, 0.1) is 19.8 Å². The van der Waals surface area contributed by atoms with Crippen molar-refractivity contribution >= 4 is 6.09 Å². The van der Waals surface area contributed by atoms with Gasteiger partial charge in [-0.1, -0.05) is 18.2 Å². The highest BCUT2D eigenvalue weighted by molar-refractivity contribution is 5.72. The van der Waals surface area contributed by atoms with Crippen molar-refractivity contribution in [2.45, 2.75) is 97.0 Å². The van der Waals surface area contributed by atoms with E-state index >= 15 is 0 Å². The van der Waals surface area contributed by atoms with Crippen LogP contribution in [-0.4, -0.2) is 76.9 Å². The molecule has 0 bridgehead atoms. The number of carbonyl (C=O) groups excluding carboxylic acids is 1. The van der Waals surface area contributed by atoms with Crippen molar-refractivity contribution in [3.05, 3.63) is 80.3 Å². The van der Waals surface area contributed by atoms with E-state index < -0.39 is 5.60 Å². The molecule has 9 heteroatoms. The van der Waals surface area contributed by atoms with Crippen LogP contribution in [0.3, 0.4) is 0 Å². The predicted octanol–water partition coefficient (Wildman–Crippen LogP) is 6.78. The van der Waals surface area contributed by atoms with Crippen molar-refractivity contribution < 1.29 is 19.0 Å². The molecular weight excluding hydrogens is 628 g/mol. The Labute approximate surface area is 297 Å². The van der Waals surface area contributed by atoms with Crippen molar-refractivity contribution in [3.8, 4) is 22.6 Å². The first kappa shape index (κ1) is 34.6. The summed E-state index contributed by atoms with van der Waals surface area (Å²) >= 11 is 0. The highest BCUT2D eigenvalue weighted by Gasteiger charge is 2.51. The van der Waals surface area contributed by atoms with Gasteiger partial charge in [0.25, 0.3) is 5.56 Å². The molecule has 50 heavy (non-hydrogen) atoms. The highest BCUT2D eigenvalue weighted by Crippen LogP contribution is 2.50. The van der Waals surface area contributed by atoms with E-state index in [-0.39, 0.29) is 23.2 Å². The van der Waals surface area contributed by atoms with Gasteiger partial charge in [0.05, 0.1) is 25.8 Å². The molecule has 1 atom stereocenters. The molecule has 2 saturated carbocycles. The van der Waals surface area contributed by atoms with E-state index in [1.54, 1.807) is 25.8 Å². The molecule has 1 spiro atoms. The summed E-state index contributed by atoms with van der Waals surface area (Å²) in [6.45, 7) is 15.1. The maximum absolute atomic E-state index is 13.3. The topological polar surface area (TPSA) is 76.5 Å². The number of aromatic nitrogens is 1. The van der Waals surface area contributed by atoms with Crippen molar-refractivity contribution in [1.29, 1.82) is 0 Å². The zero-order valence-electron chi connectivity index (χ0n) is 31.2. The van der Waals surface area contributed by atoms with Gasteiger partial charge in [0.1, 0.15) is 17.1 Å². The van der Waals surface area contributed by atoms with E-state index in [4.69, 9.17) is 14.2 Å². The lowest BCUT2D eigenvalue weighted by Gasteiger charge is -2.43. The van der Waals surface area contributed by atoms with Crippen LogP contribution < -0.4 is 15.0 Å². The molecule has 3 heterocycles. The first-order valence-corrected chi connectivity index (χ1v) is 18.3. The Bertz CT molecular complexity index is 1830. The van der Waals surface area contributed by atoms with Crippen LogP contribution in [-0.2, 0) is 31.3 Å². The van der Waals surface area contributed by atoms with Gasteiger partial charge in [-0.15, -0.1) is 0 Å². The van der Waals surface area contributed by atoms with Crippen molar-refractivity contribution in [1.82, 2.24) is 19.3 Å². The summed E-state index contributed by atoms with van der Waals surface area (Å²) in [7, 11) is 5.25. The van der Waals surface area contributed by atoms with Gasteiger partial charge in [0.2, 0.25) is 0 Å². The van der Waals surface area contributed by atoms with Crippen LogP contribution in [0.5, 0.6) is 11.5 Å². The maximum atomic E-state index is 13.3. The maximum Gasteiger partial charge on any atom is 0.410 e. The van der Waals surface area contributed by atoms with E-state index in [1.165, 1.54) is 42.4 Å². The van der Waals surface area contributed by atoms with Gasteiger partial charge in [-0.05, 0) is 113 Å². The number of rotatable bonds is 8. The Morgan fingerprint density at radius 1 is 0.960 bits per heavy atom. The minimum absolute atomic E-state index is 0.0226. The molecule has 1 saturated heterocycles. The smallest absolute Gasteiger partial charge is 0.410 e. The van der Waals surface area contributed by atoms with Gasteiger partial charge in [0, 0.05) is 69.2 Å². The van der Waals surface area contributed by atoms with E-state index in [0.29, 0.717) is 12.5 Å². The molecule has 1 amide bonds. The largest absolute Gasteiger partial charge is 0.496 e. The summed E-state index contributed by atoms with van der Waals surface area (Å²) in [5.41, 5.74) is 8.65. The molecule has 268 valence electrons. The SMILES string of the molecule is COc1cc(-c2cn(C)c(=O)c(C)c2C)cc(OC)c1CN1CCN(Cc2cccc3c2CCN(C(=O)OC(C)(C)C)[C@@H]3C2CC2)C2(CC2)C1. The normalized spacial score (nSPS) is 20.5. The number of amides is 1. The van der Waals surface area contributed by atoms with E-state index in [1.807, 2.05) is 45.7 Å². The Morgan fingerprint density at radius 3 is 2.28 bits per heavy atom. The molecule has 3 fully saturated rings. The van der Waals surface area contributed by atoms with Crippen LogP contribution in [0.4, 0.5) is 4.79 Å². The fourth-order valence-corrected chi connectivity index (χ4v) is 8.46. The number of nitrogens with zero attached hydrogens (tertiary/aromatic N) is 4. The van der Waals surface area contributed by atoms with Crippen LogP contribution >= 0.6 is 0 Å². The quantitative estimate of drug-likeness (QED) is 0.259. The number of ether oxygens (including phenoxy) is 3. The third kappa shape index (κ3) is 6.55. The Balaban J connectivity index is 1.09. The molecule has 0 radical (unpaired) electrons. The Hall–Kier alpha value is -3.82. The number of carbonyl (C=O) groups is 1. The molecular formula is C41H54N4O5. The number of methoxy groups -OCH3 is 2. The van der Waals surface area contributed by atoms with Crippen LogP contribution in [0.1, 0.15) is 85.9 Å². The number of benzene rings is 2. The first-order chi connectivity index (χ1) is 23.8. The van der Waals surface area contributed by atoms with Crippen LogP contribution in [0.2, 0.25) is 0 Å². The zero-order chi connectivity index (χ0) is 35.5. The third-order valence-corrected chi connectivity index (χ3v) is 11.6. The van der Waals surface area contributed by atoms with Gasteiger partial charge >= 0.3 is 6.09 Å². The lowest BCUT2D eigenvalue weighted by atomic mass is 9.86. The highest BCUT2D eigenvalue weighted by atomic mass is 16.6. The average Bonchev–Trinajstić information content (AvgIpc) is 4.03. The summed E-state index contributed by atoms with van der Waals surface area (Å²) in [5.74, 6) is 2.13. The summed E-state index contributed by atoms with van der Waals surface area (Å²) < 4.78 is 19.5. The van der Waals surface area contributed by atoms with Gasteiger partial charge in [0.15, 0.2) is 0 Å². The second-order valence-corrected chi connectivity index (χ2v) is 16.1. The van der Waals surface area contributed by atoms with Crippen molar-refractivity contribution in [2.75, 3.05) is 40.4 Å². The average molecular weight is 683 g/mol. The molecule has 3 aromatic rings. The first-order valence-electron chi connectivity index (χ1n) is 18.3. The molecule has 0 unspecified atom stereocenters. The number of pyridine rings is 1. The van der Waals surface area contributed by atoms with E-state index in [0.717, 1.165) is 78.5 Å². The van der Waals surface area contributed by atoms with Crippen molar-refractivity contribution in [3.63, 3.8) is 0 Å². The molecule has 0 N–H and O–H groups in total. The molecule has 4 aliphatic rings. The number of piperazine rings is 1. The van der Waals surface area contributed by atoms with Crippen LogP contribution in [0.15, 0.2) is 41.3 Å². The van der Waals surface area contributed by atoms with Gasteiger partial charge in [-0.2, -0.15) is 0 Å². The Kier molecular flexibility index (Phi) is 9.04. The minimum atomic E-state index is -0.504.